The first-order valence-corrected chi connectivity index (χ1v) is 6.49. The largest absolute Gasteiger partial charge is 0.468 e. The monoisotopic (exact) mass is 316 g/mol. The molecule has 0 heterocycles. The van der Waals surface area contributed by atoms with Gasteiger partial charge in [0.1, 0.15) is 12.6 Å². The third kappa shape index (κ3) is 4.74. The number of alkyl halides is 2. The lowest BCUT2D eigenvalue weighted by molar-refractivity contribution is -0.166. The van der Waals surface area contributed by atoms with Gasteiger partial charge in [-0.25, -0.2) is 0 Å². The van der Waals surface area contributed by atoms with Crippen molar-refractivity contribution in [1.29, 1.82) is 0 Å². The Morgan fingerprint density at radius 1 is 1.36 bits per heavy atom. The summed E-state index contributed by atoms with van der Waals surface area (Å²) in [5.74, 6) is -6.79. The van der Waals surface area contributed by atoms with Gasteiger partial charge in [-0.1, -0.05) is 30.3 Å². The topological polar surface area (TPSA) is 102 Å². The number of hydrogen-bond donors (Lipinski definition) is 3. The number of amides is 1. The van der Waals surface area contributed by atoms with Crippen LogP contribution in [-0.4, -0.2) is 48.7 Å². The number of esters is 1. The van der Waals surface area contributed by atoms with Crippen molar-refractivity contribution in [1.82, 2.24) is 5.32 Å². The SMILES string of the molecule is COC(=O)CNC(=O)C(F)(F)C(O)C(N)Cc1ccccc1. The van der Waals surface area contributed by atoms with E-state index >= 15 is 0 Å². The summed E-state index contributed by atoms with van der Waals surface area (Å²) in [5, 5.41) is 11.3. The van der Waals surface area contributed by atoms with Crippen LogP contribution < -0.4 is 11.1 Å². The highest BCUT2D eigenvalue weighted by Gasteiger charge is 2.49. The van der Waals surface area contributed by atoms with Crippen LogP contribution in [0.15, 0.2) is 30.3 Å². The zero-order valence-electron chi connectivity index (χ0n) is 12.0. The summed E-state index contributed by atoms with van der Waals surface area (Å²) in [6.07, 6.45) is -2.41. The summed E-state index contributed by atoms with van der Waals surface area (Å²) in [6.45, 7) is -0.717. The predicted molar refractivity (Wildman–Crippen MR) is 74.1 cm³/mol. The van der Waals surface area contributed by atoms with E-state index in [2.05, 4.69) is 4.74 Å². The summed E-state index contributed by atoms with van der Waals surface area (Å²) >= 11 is 0. The summed E-state index contributed by atoms with van der Waals surface area (Å²) < 4.78 is 31.9. The second-order valence-corrected chi connectivity index (χ2v) is 4.68. The number of benzene rings is 1. The van der Waals surface area contributed by atoms with Crippen LogP contribution >= 0.6 is 0 Å². The Labute approximate surface area is 126 Å². The van der Waals surface area contributed by atoms with Crippen molar-refractivity contribution in [3.8, 4) is 0 Å². The van der Waals surface area contributed by atoms with Crippen molar-refractivity contribution < 1.29 is 28.2 Å². The Morgan fingerprint density at radius 2 is 1.95 bits per heavy atom. The molecule has 0 aliphatic rings. The number of carbonyl (C=O) groups is 2. The second kappa shape index (κ2) is 7.81. The zero-order chi connectivity index (χ0) is 16.8. The number of aliphatic hydroxyl groups is 1. The van der Waals surface area contributed by atoms with Crippen molar-refractivity contribution in [2.24, 2.45) is 5.73 Å². The number of ether oxygens (including phenoxy) is 1. The molecule has 1 rings (SSSR count). The van der Waals surface area contributed by atoms with E-state index in [1.165, 1.54) is 0 Å². The minimum absolute atomic E-state index is 0.0259. The van der Waals surface area contributed by atoms with Gasteiger partial charge in [0.15, 0.2) is 0 Å². The van der Waals surface area contributed by atoms with Gasteiger partial charge in [-0.2, -0.15) is 8.78 Å². The number of rotatable bonds is 7. The van der Waals surface area contributed by atoms with Crippen LogP contribution in [0.3, 0.4) is 0 Å². The summed E-state index contributed by atoms with van der Waals surface area (Å²) in [4.78, 5) is 22.2. The number of methoxy groups -OCH3 is 1. The van der Waals surface area contributed by atoms with Crippen molar-refractivity contribution in [3.05, 3.63) is 35.9 Å². The Hall–Kier alpha value is -2.06. The highest BCUT2D eigenvalue weighted by atomic mass is 19.3. The molecule has 1 aromatic rings. The maximum atomic E-state index is 13.8. The maximum Gasteiger partial charge on any atom is 0.351 e. The molecule has 1 aromatic carbocycles. The molecule has 4 N–H and O–H groups in total. The summed E-state index contributed by atoms with van der Waals surface area (Å²) in [7, 11) is 1.05. The molecule has 0 saturated carbocycles. The predicted octanol–water partition coefficient (Wildman–Crippen LogP) is -0.158. The van der Waals surface area contributed by atoms with E-state index in [1.807, 2.05) is 0 Å². The van der Waals surface area contributed by atoms with Gasteiger partial charge in [0, 0.05) is 6.04 Å². The maximum absolute atomic E-state index is 13.8. The van der Waals surface area contributed by atoms with Gasteiger partial charge in [0.2, 0.25) is 0 Å². The normalized spacial score (nSPS) is 14.0. The number of nitrogens with two attached hydrogens (primary N) is 1. The molecule has 2 atom stereocenters. The van der Waals surface area contributed by atoms with Gasteiger partial charge < -0.3 is 20.9 Å². The van der Waals surface area contributed by atoms with Crippen LogP contribution in [0.2, 0.25) is 0 Å². The van der Waals surface area contributed by atoms with E-state index in [0.717, 1.165) is 7.11 Å². The van der Waals surface area contributed by atoms with Crippen molar-refractivity contribution in [2.75, 3.05) is 13.7 Å². The molecular formula is C14H18F2N2O4. The Balaban J connectivity index is 2.65. The van der Waals surface area contributed by atoms with E-state index in [1.54, 1.807) is 35.6 Å². The smallest absolute Gasteiger partial charge is 0.351 e. The molecule has 0 aromatic heterocycles. The quantitative estimate of drug-likeness (QED) is 0.607. The minimum Gasteiger partial charge on any atom is -0.468 e. The average Bonchev–Trinajstić information content (AvgIpc) is 2.52. The summed E-state index contributed by atoms with van der Waals surface area (Å²) in [6, 6.07) is 7.15. The number of halogens is 2. The molecule has 0 fully saturated rings. The molecule has 8 heteroatoms. The Kier molecular flexibility index (Phi) is 6.39. The molecule has 122 valence electrons. The van der Waals surface area contributed by atoms with E-state index in [4.69, 9.17) is 5.73 Å². The van der Waals surface area contributed by atoms with Crippen molar-refractivity contribution >= 4 is 11.9 Å². The average molecular weight is 316 g/mol. The fourth-order valence-electron chi connectivity index (χ4n) is 1.74. The Morgan fingerprint density at radius 3 is 2.50 bits per heavy atom. The van der Waals surface area contributed by atoms with Gasteiger partial charge in [-0.15, -0.1) is 0 Å². The standard InChI is InChI=1S/C14H18F2N2O4/c1-22-11(19)8-18-13(21)14(15,16)12(20)10(17)7-9-5-3-2-4-6-9/h2-6,10,12,20H,7-8,17H2,1H3,(H,18,21). The third-order valence-electron chi connectivity index (χ3n) is 3.01. The molecule has 0 saturated heterocycles. The third-order valence-corrected chi connectivity index (χ3v) is 3.01. The number of carbonyl (C=O) groups excluding carboxylic acids is 2. The fraction of sp³-hybridized carbons (Fsp3) is 0.429. The number of nitrogens with one attached hydrogen (secondary N) is 1. The first kappa shape index (κ1) is 18.0. The van der Waals surface area contributed by atoms with Crippen LogP contribution in [0.25, 0.3) is 0 Å². The van der Waals surface area contributed by atoms with Crippen LogP contribution in [0.4, 0.5) is 8.78 Å². The number of aliphatic hydroxyl groups excluding tert-OH is 1. The lowest BCUT2D eigenvalue weighted by Gasteiger charge is -2.26. The van der Waals surface area contributed by atoms with Crippen LogP contribution in [0.5, 0.6) is 0 Å². The van der Waals surface area contributed by atoms with Gasteiger partial charge in [-0.05, 0) is 12.0 Å². The Bertz CT molecular complexity index is 511. The van der Waals surface area contributed by atoms with Crippen molar-refractivity contribution in [2.45, 2.75) is 24.5 Å². The van der Waals surface area contributed by atoms with Crippen LogP contribution in [0.1, 0.15) is 5.56 Å². The fourth-order valence-corrected chi connectivity index (χ4v) is 1.74. The lowest BCUT2D eigenvalue weighted by atomic mass is 9.97. The van der Waals surface area contributed by atoms with E-state index in [0.29, 0.717) is 5.56 Å². The molecule has 6 nitrogen and oxygen atoms in total. The molecular weight excluding hydrogens is 298 g/mol. The molecule has 0 spiro atoms. The molecule has 1 amide bonds. The van der Waals surface area contributed by atoms with Crippen LogP contribution in [0, 0.1) is 0 Å². The first-order chi connectivity index (χ1) is 10.3. The highest BCUT2D eigenvalue weighted by Crippen LogP contribution is 2.22. The minimum atomic E-state index is -4.12. The summed E-state index contributed by atoms with van der Waals surface area (Å²) in [5.41, 5.74) is 6.21. The zero-order valence-corrected chi connectivity index (χ0v) is 12.0. The molecule has 0 aliphatic heterocycles. The van der Waals surface area contributed by atoms with Crippen molar-refractivity contribution in [3.63, 3.8) is 0 Å². The number of hydrogen-bond acceptors (Lipinski definition) is 5. The van der Waals surface area contributed by atoms with Gasteiger partial charge in [0.25, 0.3) is 5.91 Å². The highest BCUT2D eigenvalue weighted by molar-refractivity contribution is 5.87. The molecule has 22 heavy (non-hydrogen) atoms. The second-order valence-electron chi connectivity index (χ2n) is 4.68. The first-order valence-electron chi connectivity index (χ1n) is 6.49. The van der Waals surface area contributed by atoms with E-state index < -0.39 is 36.5 Å². The van der Waals surface area contributed by atoms with Gasteiger partial charge in [-0.3, -0.25) is 9.59 Å². The molecule has 2 unspecified atom stereocenters. The molecule has 0 radical (unpaired) electrons. The van der Waals surface area contributed by atoms with Gasteiger partial charge in [0.05, 0.1) is 7.11 Å². The lowest BCUT2D eigenvalue weighted by Crippen LogP contribution is -2.56. The van der Waals surface area contributed by atoms with Gasteiger partial charge >= 0.3 is 11.9 Å². The molecule has 0 bridgehead atoms. The molecule has 0 aliphatic carbocycles. The van der Waals surface area contributed by atoms with Crippen LogP contribution in [-0.2, 0) is 20.7 Å². The van der Waals surface area contributed by atoms with E-state index in [-0.39, 0.29) is 6.42 Å². The van der Waals surface area contributed by atoms with E-state index in [9.17, 15) is 23.5 Å².